The van der Waals surface area contributed by atoms with Crippen LogP contribution >= 0.6 is 0 Å². The molecule has 18 heteroatoms. The minimum Gasteiger partial charge on any atom is -0.455 e. The maximum Gasteiger partial charge on any atom is 0.430 e. The van der Waals surface area contributed by atoms with Gasteiger partial charge >= 0.3 is 36.6 Å². The predicted octanol–water partition coefficient (Wildman–Crippen LogP) is 6.67. The number of carbonyl (C=O) groups is 2. The lowest BCUT2D eigenvalue weighted by Gasteiger charge is -2.47. The normalized spacial score (nSPS) is 20.9. The molecular formula is C24H28F12O6. The van der Waals surface area contributed by atoms with E-state index in [1.165, 1.54) is 0 Å². The number of alkyl halides is 12. The third-order valence-corrected chi connectivity index (χ3v) is 6.57. The van der Waals surface area contributed by atoms with Crippen LogP contribution in [0.25, 0.3) is 0 Å². The van der Waals surface area contributed by atoms with E-state index in [1.54, 1.807) is 0 Å². The SMILES string of the molecule is C=C(C)C(=O)OC(C1CCCC(OC(C(CC)OC(=O)C(=C)C)(C(F)(F)F)C(F)(F)F)C1)C(O)(C(F)(F)F)C(F)(F)F. The quantitative estimate of drug-likeness (QED) is 0.163. The number of esters is 2. The van der Waals surface area contributed by atoms with Crippen LogP contribution in [0.1, 0.15) is 52.9 Å². The Morgan fingerprint density at radius 1 is 0.786 bits per heavy atom. The number of hydrogen-bond acceptors (Lipinski definition) is 6. The first-order chi connectivity index (χ1) is 18.7. The molecule has 0 heterocycles. The molecule has 0 radical (unpaired) electrons. The van der Waals surface area contributed by atoms with E-state index in [2.05, 4.69) is 27.4 Å². The molecule has 1 saturated carbocycles. The third kappa shape index (κ3) is 7.34. The van der Waals surface area contributed by atoms with Crippen LogP contribution in [-0.2, 0) is 23.8 Å². The summed E-state index contributed by atoms with van der Waals surface area (Å²) < 4.78 is 181. The topological polar surface area (TPSA) is 82.1 Å². The van der Waals surface area contributed by atoms with Gasteiger partial charge in [-0.25, -0.2) is 9.59 Å². The molecule has 6 nitrogen and oxygen atoms in total. The zero-order valence-electron chi connectivity index (χ0n) is 22.3. The van der Waals surface area contributed by atoms with E-state index in [0.29, 0.717) is 0 Å². The van der Waals surface area contributed by atoms with Crippen molar-refractivity contribution in [3.05, 3.63) is 24.3 Å². The maximum atomic E-state index is 14.3. The zero-order chi connectivity index (χ0) is 33.3. The Morgan fingerprint density at radius 3 is 1.57 bits per heavy atom. The van der Waals surface area contributed by atoms with Crippen LogP contribution < -0.4 is 0 Å². The van der Waals surface area contributed by atoms with Crippen molar-refractivity contribution in [3.63, 3.8) is 0 Å². The van der Waals surface area contributed by atoms with Gasteiger partial charge in [-0.05, 0) is 39.5 Å². The van der Waals surface area contributed by atoms with Gasteiger partial charge in [-0.15, -0.1) is 0 Å². The first-order valence-corrected chi connectivity index (χ1v) is 12.1. The highest BCUT2D eigenvalue weighted by molar-refractivity contribution is 5.87. The standard InChI is InChI=1S/C24H28F12O6/c1-6-15(40-17(37)11(2)3)20(23(31,32)33,24(34,35)36)42-14-9-7-8-13(10-14)16(41-18(38)12(4)5)19(39,21(25,26)27)22(28,29)30/h13-16,39H,2,4,6-10H2,1,3,5H3. The monoisotopic (exact) mass is 640 g/mol. The van der Waals surface area contributed by atoms with Gasteiger partial charge in [0.15, 0.2) is 6.10 Å². The number of halogens is 12. The average Bonchev–Trinajstić information content (AvgIpc) is 2.80. The number of hydrogen-bond donors (Lipinski definition) is 1. The first-order valence-electron chi connectivity index (χ1n) is 12.1. The van der Waals surface area contributed by atoms with Crippen LogP contribution in [0.5, 0.6) is 0 Å². The third-order valence-electron chi connectivity index (χ3n) is 6.57. The van der Waals surface area contributed by atoms with Crippen LogP contribution in [-0.4, -0.2) is 71.3 Å². The Bertz CT molecular complexity index is 983. The van der Waals surface area contributed by atoms with E-state index < -0.39 is 115 Å². The van der Waals surface area contributed by atoms with Crippen LogP contribution in [0.2, 0.25) is 0 Å². The minimum atomic E-state index is -6.58. The summed E-state index contributed by atoms with van der Waals surface area (Å²) in [5.41, 5.74) is -12.4. The van der Waals surface area contributed by atoms with Crippen LogP contribution in [0.15, 0.2) is 24.3 Å². The molecule has 0 aromatic heterocycles. The maximum absolute atomic E-state index is 14.3. The second-order valence-corrected chi connectivity index (χ2v) is 9.85. The molecule has 0 aromatic carbocycles. The molecule has 0 aliphatic heterocycles. The van der Waals surface area contributed by atoms with E-state index in [9.17, 15) is 67.4 Å². The Labute approximate surface area is 231 Å². The van der Waals surface area contributed by atoms with Crippen molar-refractivity contribution in [2.45, 2.75) is 107 Å². The molecule has 0 saturated heterocycles. The van der Waals surface area contributed by atoms with Crippen LogP contribution in [0.3, 0.4) is 0 Å². The Hall–Kier alpha value is -2.50. The first kappa shape index (κ1) is 37.5. The summed E-state index contributed by atoms with van der Waals surface area (Å²) in [6, 6.07) is 0. The molecular weight excluding hydrogens is 612 g/mol. The average molecular weight is 640 g/mol. The summed E-state index contributed by atoms with van der Waals surface area (Å²) in [5, 5.41) is 9.96. The molecule has 0 amide bonds. The van der Waals surface area contributed by atoms with Gasteiger partial charge in [0.2, 0.25) is 0 Å². The number of rotatable bonds is 10. The molecule has 0 spiro atoms. The highest BCUT2D eigenvalue weighted by atomic mass is 19.4. The molecule has 0 bridgehead atoms. The summed E-state index contributed by atoms with van der Waals surface area (Å²) in [7, 11) is 0. The lowest BCUT2D eigenvalue weighted by atomic mass is 9.76. The molecule has 1 N–H and O–H groups in total. The summed E-state index contributed by atoms with van der Waals surface area (Å²) in [5.74, 6) is -5.85. The summed E-state index contributed by atoms with van der Waals surface area (Å²) >= 11 is 0. The fourth-order valence-electron chi connectivity index (χ4n) is 4.47. The smallest absolute Gasteiger partial charge is 0.430 e. The van der Waals surface area contributed by atoms with E-state index in [-0.39, 0.29) is 0 Å². The van der Waals surface area contributed by atoms with Crippen molar-refractivity contribution in [2.75, 3.05) is 0 Å². The van der Waals surface area contributed by atoms with Crippen molar-refractivity contribution >= 4 is 11.9 Å². The lowest BCUT2D eigenvalue weighted by molar-refractivity contribution is -0.415. The molecule has 42 heavy (non-hydrogen) atoms. The van der Waals surface area contributed by atoms with Crippen LogP contribution in [0.4, 0.5) is 52.7 Å². The van der Waals surface area contributed by atoms with Gasteiger partial charge in [0, 0.05) is 17.1 Å². The van der Waals surface area contributed by atoms with Gasteiger partial charge in [-0.2, -0.15) is 52.7 Å². The van der Waals surface area contributed by atoms with Crippen LogP contribution in [0, 0.1) is 5.92 Å². The van der Waals surface area contributed by atoms with E-state index >= 15 is 0 Å². The molecule has 1 fully saturated rings. The molecule has 0 aromatic rings. The van der Waals surface area contributed by atoms with Crippen molar-refractivity contribution < 1.29 is 81.6 Å². The Balaban J connectivity index is 3.75. The Morgan fingerprint density at radius 2 is 1.21 bits per heavy atom. The number of carbonyl (C=O) groups excluding carboxylic acids is 2. The van der Waals surface area contributed by atoms with Gasteiger partial charge in [0.05, 0.1) is 6.10 Å². The number of aliphatic hydroxyl groups is 1. The second kappa shape index (κ2) is 12.6. The van der Waals surface area contributed by atoms with Crippen molar-refractivity contribution in [2.24, 2.45) is 5.92 Å². The van der Waals surface area contributed by atoms with Crippen molar-refractivity contribution in [1.29, 1.82) is 0 Å². The molecule has 1 aliphatic rings. The molecule has 4 unspecified atom stereocenters. The summed E-state index contributed by atoms with van der Waals surface area (Å²) in [6.45, 7) is 8.57. The van der Waals surface area contributed by atoms with Crippen molar-refractivity contribution in [3.8, 4) is 0 Å². The van der Waals surface area contributed by atoms with E-state index in [1.807, 2.05) is 0 Å². The highest BCUT2D eigenvalue weighted by Crippen LogP contribution is 2.54. The molecule has 244 valence electrons. The fraction of sp³-hybridized carbons (Fsp3) is 0.750. The largest absolute Gasteiger partial charge is 0.455 e. The fourth-order valence-corrected chi connectivity index (χ4v) is 4.47. The Kier molecular flexibility index (Phi) is 11.3. The minimum absolute atomic E-state index is 0.592. The lowest BCUT2D eigenvalue weighted by Crippen LogP contribution is -2.69. The summed E-state index contributed by atoms with van der Waals surface area (Å²) in [6.07, 6.45) is -39.7. The molecule has 4 atom stereocenters. The van der Waals surface area contributed by atoms with Gasteiger partial charge < -0.3 is 19.3 Å². The van der Waals surface area contributed by atoms with Crippen molar-refractivity contribution in [1.82, 2.24) is 0 Å². The van der Waals surface area contributed by atoms with E-state index in [0.717, 1.165) is 20.8 Å². The molecule has 1 aliphatic carbocycles. The highest BCUT2D eigenvalue weighted by Gasteiger charge is 2.79. The van der Waals surface area contributed by atoms with Gasteiger partial charge in [0.25, 0.3) is 11.2 Å². The second-order valence-electron chi connectivity index (χ2n) is 9.85. The van der Waals surface area contributed by atoms with Gasteiger partial charge in [-0.1, -0.05) is 26.5 Å². The van der Waals surface area contributed by atoms with Gasteiger partial charge in [-0.3, -0.25) is 0 Å². The zero-order valence-corrected chi connectivity index (χ0v) is 22.3. The number of ether oxygens (including phenoxy) is 3. The molecule has 1 rings (SSSR count). The van der Waals surface area contributed by atoms with Gasteiger partial charge in [0.1, 0.15) is 6.10 Å². The predicted molar refractivity (Wildman–Crippen MR) is 118 cm³/mol. The summed E-state index contributed by atoms with van der Waals surface area (Å²) in [4.78, 5) is 23.9. The van der Waals surface area contributed by atoms with E-state index in [4.69, 9.17) is 0 Å².